The molecule has 1 N–H and O–H groups in total. The van der Waals surface area contributed by atoms with E-state index in [-0.39, 0.29) is 30.0 Å². The van der Waals surface area contributed by atoms with Crippen molar-refractivity contribution < 1.29 is 14.7 Å². The van der Waals surface area contributed by atoms with E-state index < -0.39 is 5.97 Å². The molecule has 1 aromatic carbocycles. The lowest BCUT2D eigenvalue weighted by Gasteiger charge is -2.19. The number of rotatable bonds is 7. The van der Waals surface area contributed by atoms with Crippen molar-refractivity contribution in [3.8, 4) is 5.69 Å². The van der Waals surface area contributed by atoms with Crippen LogP contribution in [0.5, 0.6) is 0 Å². The van der Waals surface area contributed by atoms with Crippen LogP contribution >= 0.6 is 0 Å². The van der Waals surface area contributed by atoms with Crippen molar-refractivity contribution >= 4 is 11.9 Å². The molecular formula is C20H28N4O3. The van der Waals surface area contributed by atoms with Crippen LogP contribution in [0.3, 0.4) is 0 Å². The summed E-state index contributed by atoms with van der Waals surface area (Å²) < 4.78 is 1.70. The predicted octanol–water partition coefficient (Wildman–Crippen LogP) is 3.06. The summed E-state index contributed by atoms with van der Waals surface area (Å²) in [6, 6.07) is 8.09. The third-order valence-corrected chi connectivity index (χ3v) is 4.44. The number of nitrogens with zero attached hydrogens (tertiary/aromatic N) is 4. The minimum absolute atomic E-state index is 0.0567. The summed E-state index contributed by atoms with van der Waals surface area (Å²) >= 11 is 0. The third kappa shape index (κ3) is 4.93. The zero-order chi connectivity index (χ0) is 20.2. The van der Waals surface area contributed by atoms with Crippen LogP contribution in [0.15, 0.2) is 24.3 Å². The maximum atomic E-state index is 12.7. The highest BCUT2D eigenvalue weighted by atomic mass is 16.4. The van der Waals surface area contributed by atoms with Gasteiger partial charge in [0.2, 0.25) is 0 Å². The fourth-order valence-corrected chi connectivity index (χ4v) is 2.78. The molecule has 0 atom stereocenters. The molecule has 7 heteroatoms. The minimum atomic E-state index is -0.939. The van der Waals surface area contributed by atoms with Gasteiger partial charge < -0.3 is 10.0 Å². The molecule has 0 aliphatic carbocycles. The second kappa shape index (κ2) is 8.33. The van der Waals surface area contributed by atoms with E-state index in [2.05, 4.69) is 43.2 Å². The van der Waals surface area contributed by atoms with E-state index in [0.717, 1.165) is 17.8 Å². The molecular weight excluding hydrogens is 344 g/mol. The Labute approximate surface area is 160 Å². The van der Waals surface area contributed by atoms with Gasteiger partial charge >= 0.3 is 5.97 Å². The van der Waals surface area contributed by atoms with Gasteiger partial charge in [-0.05, 0) is 29.5 Å². The Balaban J connectivity index is 2.34. The van der Waals surface area contributed by atoms with E-state index in [0.29, 0.717) is 6.42 Å². The number of aliphatic carboxylic acids is 1. The summed E-state index contributed by atoms with van der Waals surface area (Å²) in [5.41, 5.74) is 3.15. The lowest BCUT2D eigenvalue weighted by atomic mass is 9.87. The zero-order valence-electron chi connectivity index (χ0n) is 16.7. The largest absolute Gasteiger partial charge is 0.481 e. The fraction of sp³-hybridized carbons (Fsp3) is 0.500. The summed E-state index contributed by atoms with van der Waals surface area (Å²) in [4.78, 5) is 24.8. The summed E-state index contributed by atoms with van der Waals surface area (Å²) in [6.07, 6.45) is 1.39. The summed E-state index contributed by atoms with van der Waals surface area (Å²) in [5, 5.41) is 17.1. The van der Waals surface area contributed by atoms with Crippen molar-refractivity contribution in [2.75, 3.05) is 13.6 Å². The Morgan fingerprint density at radius 1 is 1.19 bits per heavy atom. The molecule has 0 aliphatic rings. The molecule has 2 rings (SSSR count). The number of benzene rings is 1. The number of amides is 1. The maximum Gasteiger partial charge on any atom is 0.305 e. The first kappa shape index (κ1) is 20.6. The van der Waals surface area contributed by atoms with Gasteiger partial charge in [0, 0.05) is 13.6 Å². The van der Waals surface area contributed by atoms with Gasteiger partial charge in [-0.3, -0.25) is 9.59 Å². The smallest absolute Gasteiger partial charge is 0.305 e. The molecule has 0 unspecified atom stereocenters. The van der Waals surface area contributed by atoms with E-state index in [4.69, 9.17) is 5.11 Å². The first-order chi connectivity index (χ1) is 12.6. The number of aromatic nitrogens is 3. The van der Waals surface area contributed by atoms with Gasteiger partial charge in [-0.2, -0.15) is 0 Å². The number of carboxylic acids is 1. The molecule has 0 spiro atoms. The van der Waals surface area contributed by atoms with Crippen molar-refractivity contribution in [1.82, 2.24) is 19.9 Å². The van der Waals surface area contributed by atoms with E-state index >= 15 is 0 Å². The highest BCUT2D eigenvalue weighted by Gasteiger charge is 2.23. The van der Waals surface area contributed by atoms with Gasteiger partial charge in [0.05, 0.1) is 17.8 Å². The molecule has 1 aromatic heterocycles. The van der Waals surface area contributed by atoms with E-state index in [9.17, 15) is 9.59 Å². The summed E-state index contributed by atoms with van der Waals surface area (Å²) in [7, 11) is 1.58. The highest BCUT2D eigenvalue weighted by Crippen LogP contribution is 2.24. The van der Waals surface area contributed by atoms with Gasteiger partial charge in [-0.25, -0.2) is 4.68 Å². The van der Waals surface area contributed by atoms with Gasteiger partial charge in [-0.1, -0.05) is 51.5 Å². The fourth-order valence-electron chi connectivity index (χ4n) is 2.78. The first-order valence-corrected chi connectivity index (χ1v) is 9.18. The van der Waals surface area contributed by atoms with E-state index in [1.54, 1.807) is 11.7 Å². The van der Waals surface area contributed by atoms with Crippen LogP contribution < -0.4 is 0 Å². The van der Waals surface area contributed by atoms with Crippen molar-refractivity contribution in [2.45, 2.75) is 52.4 Å². The Morgan fingerprint density at radius 3 is 2.33 bits per heavy atom. The van der Waals surface area contributed by atoms with Crippen LogP contribution in [0.2, 0.25) is 0 Å². The molecule has 146 valence electrons. The second-order valence-electron chi connectivity index (χ2n) is 7.71. The zero-order valence-corrected chi connectivity index (χ0v) is 16.7. The minimum Gasteiger partial charge on any atom is -0.481 e. The molecule has 1 amide bonds. The lowest BCUT2D eigenvalue weighted by Crippen LogP contribution is -2.30. The number of carbonyl (C=O) groups excluding carboxylic acids is 1. The normalized spacial score (nSPS) is 11.4. The summed E-state index contributed by atoms with van der Waals surface area (Å²) in [6.45, 7) is 8.63. The van der Waals surface area contributed by atoms with Gasteiger partial charge in [-0.15, -0.1) is 5.10 Å². The molecule has 0 aliphatic heterocycles. The molecule has 7 nitrogen and oxygen atoms in total. The molecule has 2 aromatic rings. The average Bonchev–Trinajstić information content (AvgIpc) is 3.02. The average molecular weight is 372 g/mol. The van der Waals surface area contributed by atoms with Crippen LogP contribution in [-0.4, -0.2) is 50.5 Å². The monoisotopic (exact) mass is 372 g/mol. The van der Waals surface area contributed by atoms with Crippen LogP contribution in [0.4, 0.5) is 0 Å². The SMILES string of the molecule is CCCc1c(C(=O)N(C)CCC(=O)O)nnn1-c1ccc(C(C)(C)C)cc1. The highest BCUT2D eigenvalue weighted by molar-refractivity contribution is 5.93. The number of carbonyl (C=O) groups is 2. The molecule has 0 fully saturated rings. The predicted molar refractivity (Wildman–Crippen MR) is 103 cm³/mol. The molecule has 0 saturated carbocycles. The lowest BCUT2D eigenvalue weighted by molar-refractivity contribution is -0.137. The number of hydrogen-bond acceptors (Lipinski definition) is 4. The Kier molecular flexibility index (Phi) is 6.36. The maximum absolute atomic E-state index is 12.7. The standard InChI is InChI=1S/C20H28N4O3/c1-6-7-16-18(19(27)23(5)13-12-17(25)26)21-22-24(16)15-10-8-14(9-11-15)20(2,3)4/h8-11H,6-7,12-13H2,1-5H3,(H,25,26). The topological polar surface area (TPSA) is 88.3 Å². The summed E-state index contributed by atoms with van der Waals surface area (Å²) in [5.74, 6) is -1.25. The Hall–Kier alpha value is -2.70. The molecule has 0 bridgehead atoms. The van der Waals surface area contributed by atoms with Gasteiger partial charge in [0.15, 0.2) is 5.69 Å². The quantitative estimate of drug-likeness (QED) is 0.807. The van der Waals surface area contributed by atoms with Crippen LogP contribution in [0, 0.1) is 0 Å². The second-order valence-corrected chi connectivity index (χ2v) is 7.71. The molecule has 1 heterocycles. The van der Waals surface area contributed by atoms with Crippen LogP contribution in [0.1, 0.15) is 62.3 Å². The number of hydrogen-bond donors (Lipinski definition) is 1. The van der Waals surface area contributed by atoms with Crippen LogP contribution in [0.25, 0.3) is 5.69 Å². The first-order valence-electron chi connectivity index (χ1n) is 9.18. The molecule has 0 saturated heterocycles. The number of carboxylic acid groups (broad SMARTS) is 1. The van der Waals surface area contributed by atoms with E-state index in [1.165, 1.54) is 10.5 Å². The Morgan fingerprint density at radius 2 is 1.81 bits per heavy atom. The van der Waals surface area contributed by atoms with Crippen molar-refractivity contribution in [3.63, 3.8) is 0 Å². The van der Waals surface area contributed by atoms with Crippen LogP contribution in [-0.2, 0) is 16.6 Å². The van der Waals surface area contributed by atoms with Crippen molar-refractivity contribution in [1.29, 1.82) is 0 Å². The molecule has 27 heavy (non-hydrogen) atoms. The van der Waals surface area contributed by atoms with Crippen molar-refractivity contribution in [2.24, 2.45) is 0 Å². The Bertz CT molecular complexity index is 804. The van der Waals surface area contributed by atoms with Gasteiger partial charge in [0.1, 0.15) is 0 Å². The van der Waals surface area contributed by atoms with E-state index in [1.807, 2.05) is 19.1 Å². The molecule has 0 radical (unpaired) electrons. The van der Waals surface area contributed by atoms with Crippen molar-refractivity contribution in [3.05, 3.63) is 41.2 Å². The third-order valence-electron chi connectivity index (χ3n) is 4.44. The van der Waals surface area contributed by atoms with Gasteiger partial charge in [0.25, 0.3) is 5.91 Å².